The van der Waals surface area contributed by atoms with Crippen LogP contribution in [0.15, 0.2) is 30.3 Å². The molecule has 0 heterocycles. The van der Waals surface area contributed by atoms with Gasteiger partial charge in [-0.15, -0.1) is 0 Å². The SMILES string of the molecule is Cc1cc(C)c2ccccc2c1[O][Y]. The second-order valence-corrected chi connectivity index (χ2v) is 4.08. The monoisotopic (exact) mass is 260 g/mol. The van der Waals surface area contributed by atoms with Gasteiger partial charge in [0, 0.05) is 0 Å². The van der Waals surface area contributed by atoms with Crippen LogP contribution in [0, 0.1) is 13.8 Å². The maximum atomic E-state index is 5.54. The molecular weight excluding hydrogens is 249 g/mol. The second kappa shape index (κ2) is 4.00. The van der Waals surface area contributed by atoms with Gasteiger partial charge >= 0.3 is 105 Å². The van der Waals surface area contributed by atoms with Gasteiger partial charge in [-0.05, 0) is 0 Å². The third-order valence-electron chi connectivity index (χ3n) is 2.51. The molecule has 0 radical (unpaired) electrons. The molecule has 0 unspecified atom stereocenters. The molecule has 0 saturated carbocycles. The van der Waals surface area contributed by atoms with Crippen LogP contribution in [0.25, 0.3) is 10.8 Å². The Bertz CT molecular complexity index is 477. The van der Waals surface area contributed by atoms with Gasteiger partial charge in [-0.3, -0.25) is 0 Å². The molecule has 68 valence electrons. The van der Waals surface area contributed by atoms with Crippen molar-refractivity contribution in [2.45, 2.75) is 13.8 Å². The van der Waals surface area contributed by atoms with Gasteiger partial charge in [0.05, 0.1) is 0 Å². The molecule has 14 heavy (non-hydrogen) atoms. The van der Waals surface area contributed by atoms with Gasteiger partial charge in [0.25, 0.3) is 0 Å². The average Bonchev–Trinajstić information content (AvgIpc) is 2.18. The van der Waals surface area contributed by atoms with Crippen LogP contribution in [0.4, 0.5) is 0 Å². The van der Waals surface area contributed by atoms with Gasteiger partial charge in [-0.1, -0.05) is 0 Å². The zero-order chi connectivity index (χ0) is 10.1. The molecule has 2 heteroatoms. The zero-order valence-corrected chi connectivity index (χ0v) is 11.2. The number of hydrogen-bond acceptors (Lipinski definition) is 1. The average molecular weight is 260 g/mol. The van der Waals surface area contributed by atoms with Gasteiger partial charge in [0.15, 0.2) is 0 Å². The summed E-state index contributed by atoms with van der Waals surface area (Å²) in [6, 6.07) is 10.6. The molecule has 0 aliphatic rings. The first-order valence-electron chi connectivity index (χ1n) is 4.59. The standard InChI is InChI=1S/C12H12O.Y/c1-8-7-9(2)12(13)11-6-4-3-5-10(8)11;/h3-7,13H,1-2H3;/q;+1/p-1. The summed E-state index contributed by atoms with van der Waals surface area (Å²) >= 11 is 0.806. The summed E-state index contributed by atoms with van der Waals surface area (Å²) in [6.45, 7) is 4.25. The summed E-state index contributed by atoms with van der Waals surface area (Å²) in [5.41, 5.74) is 2.55. The third-order valence-corrected chi connectivity index (χ3v) is 3.08. The Labute approximate surface area is 105 Å². The summed E-state index contributed by atoms with van der Waals surface area (Å²) in [4.78, 5) is 0. The van der Waals surface area contributed by atoms with E-state index in [9.17, 15) is 0 Å². The first-order chi connectivity index (χ1) is 6.74. The van der Waals surface area contributed by atoms with Crippen LogP contribution in [-0.2, 0) is 31.5 Å². The molecular formula is C12H11OY. The molecule has 0 bridgehead atoms. The predicted octanol–water partition coefficient (Wildman–Crippen LogP) is 3.30. The quantitative estimate of drug-likeness (QED) is 0.764. The van der Waals surface area contributed by atoms with E-state index in [0.717, 1.165) is 37.2 Å². The van der Waals surface area contributed by atoms with Crippen LogP contribution in [0.1, 0.15) is 11.1 Å². The van der Waals surface area contributed by atoms with E-state index in [0.29, 0.717) is 0 Å². The fourth-order valence-electron chi connectivity index (χ4n) is 1.86. The molecule has 0 N–H and O–H groups in total. The Kier molecular flexibility index (Phi) is 2.89. The molecule has 0 aliphatic carbocycles. The fraction of sp³-hybridized carbons (Fsp3) is 0.167. The zero-order valence-electron chi connectivity index (χ0n) is 8.37. The fourth-order valence-corrected chi connectivity index (χ4v) is 2.63. The first-order valence-corrected chi connectivity index (χ1v) is 5.75. The first kappa shape index (κ1) is 10.1. The minimum atomic E-state index is 0.806. The minimum absolute atomic E-state index is 0.806. The number of benzene rings is 2. The van der Waals surface area contributed by atoms with Crippen molar-refractivity contribution in [3.8, 4) is 5.75 Å². The molecule has 2 aromatic rings. The van der Waals surface area contributed by atoms with E-state index in [1.54, 1.807) is 0 Å². The Morgan fingerprint density at radius 3 is 2.29 bits per heavy atom. The molecule has 0 saturated heterocycles. The molecule has 0 aliphatic heterocycles. The third kappa shape index (κ3) is 1.59. The normalized spacial score (nSPS) is 10.4. The van der Waals surface area contributed by atoms with Crippen LogP contribution < -0.4 is 2.05 Å². The predicted molar refractivity (Wildman–Crippen MR) is 54.1 cm³/mol. The Hall–Kier alpha value is -0.396. The van der Waals surface area contributed by atoms with Crippen molar-refractivity contribution in [3.05, 3.63) is 41.5 Å². The van der Waals surface area contributed by atoms with E-state index < -0.39 is 0 Å². The van der Waals surface area contributed by atoms with Crippen LogP contribution in [0.5, 0.6) is 5.75 Å². The second-order valence-electron chi connectivity index (χ2n) is 3.50. The van der Waals surface area contributed by atoms with Crippen LogP contribution in [-0.4, -0.2) is 0 Å². The summed E-state index contributed by atoms with van der Waals surface area (Å²) < 4.78 is 5.54. The molecule has 2 rings (SSSR count). The number of hydrogen-bond donors (Lipinski definition) is 0. The van der Waals surface area contributed by atoms with Crippen molar-refractivity contribution in [2.75, 3.05) is 0 Å². The van der Waals surface area contributed by atoms with Gasteiger partial charge in [0.1, 0.15) is 0 Å². The van der Waals surface area contributed by atoms with Crippen molar-refractivity contribution in [3.63, 3.8) is 0 Å². The Morgan fingerprint density at radius 2 is 1.64 bits per heavy atom. The molecule has 0 atom stereocenters. The van der Waals surface area contributed by atoms with Crippen molar-refractivity contribution in [1.29, 1.82) is 0 Å². The van der Waals surface area contributed by atoms with E-state index >= 15 is 0 Å². The number of aryl methyl sites for hydroxylation is 2. The van der Waals surface area contributed by atoms with Gasteiger partial charge < -0.3 is 0 Å². The molecule has 0 aromatic heterocycles. The van der Waals surface area contributed by atoms with E-state index in [1.807, 2.05) is 0 Å². The summed E-state index contributed by atoms with van der Waals surface area (Å²) in [5, 5.41) is 2.53. The Morgan fingerprint density at radius 1 is 1.00 bits per heavy atom. The number of fused-ring (bicyclic) bond motifs is 1. The maximum absolute atomic E-state index is 5.54. The summed E-state index contributed by atoms with van der Waals surface area (Å²) in [6.07, 6.45) is 0. The van der Waals surface area contributed by atoms with E-state index in [1.165, 1.54) is 21.9 Å². The van der Waals surface area contributed by atoms with E-state index in [-0.39, 0.29) is 0 Å². The van der Waals surface area contributed by atoms with Crippen molar-refractivity contribution < 1.29 is 33.5 Å². The van der Waals surface area contributed by atoms with Crippen LogP contribution in [0.2, 0.25) is 0 Å². The molecule has 0 fully saturated rings. The Balaban J connectivity index is 2.90. The van der Waals surface area contributed by atoms with E-state index in [4.69, 9.17) is 2.05 Å². The topological polar surface area (TPSA) is 9.23 Å². The molecule has 1 nitrogen and oxygen atoms in total. The molecule has 0 amide bonds. The molecule has 0 spiro atoms. The van der Waals surface area contributed by atoms with Crippen LogP contribution in [0.3, 0.4) is 0 Å². The van der Waals surface area contributed by atoms with Crippen LogP contribution >= 0.6 is 0 Å². The van der Waals surface area contributed by atoms with Crippen molar-refractivity contribution >= 4 is 10.8 Å². The van der Waals surface area contributed by atoms with Gasteiger partial charge in [0.2, 0.25) is 0 Å². The van der Waals surface area contributed by atoms with Gasteiger partial charge in [-0.25, -0.2) is 0 Å². The van der Waals surface area contributed by atoms with Crippen molar-refractivity contribution in [1.82, 2.24) is 0 Å². The van der Waals surface area contributed by atoms with Crippen molar-refractivity contribution in [2.24, 2.45) is 0 Å². The van der Waals surface area contributed by atoms with Gasteiger partial charge in [-0.2, -0.15) is 0 Å². The summed E-state index contributed by atoms with van der Waals surface area (Å²) in [5.74, 6) is 1.05. The molecule has 2 aromatic carbocycles. The number of rotatable bonds is 1. The van der Waals surface area contributed by atoms with E-state index in [2.05, 4.69) is 44.2 Å². The summed E-state index contributed by atoms with van der Waals surface area (Å²) in [7, 11) is 0.